The highest BCUT2D eigenvalue weighted by molar-refractivity contribution is 5.80. The molecule has 0 aliphatic heterocycles. The first-order chi connectivity index (χ1) is 48.2. The molecule has 0 aromatic rings. The average molecular weight is 1470 g/mol. The van der Waals surface area contributed by atoms with Gasteiger partial charge in [0.15, 0.2) is 6.61 Å². The third kappa shape index (κ3) is 17.0. The summed E-state index contributed by atoms with van der Waals surface area (Å²) in [5.74, 6) is 1.53. The minimum Gasteiger partial charge on any atom is -0.459 e. The molecule has 0 aromatic heterocycles. The van der Waals surface area contributed by atoms with Gasteiger partial charge in [0.05, 0.1) is 72.9 Å². The highest BCUT2D eigenvalue weighted by Crippen LogP contribution is 2.65. The van der Waals surface area contributed by atoms with Crippen molar-refractivity contribution in [2.75, 3.05) is 6.61 Å². The molecule has 10 atom stereocenters. The van der Waals surface area contributed by atoms with Crippen LogP contribution in [-0.2, 0) is 57.2 Å². The number of rotatable bonds is 21. The molecule has 8 N–H and O–H groups in total. The fraction of sp³-hybridized carbons (Fsp3) is 0.929. The van der Waals surface area contributed by atoms with Crippen molar-refractivity contribution in [2.24, 2.45) is 69.5 Å². The minimum atomic E-state index is -0.949. The third-order valence-electron chi connectivity index (χ3n) is 29.9. The zero-order valence-corrected chi connectivity index (χ0v) is 66.0. The van der Waals surface area contributed by atoms with Gasteiger partial charge in [0.1, 0.15) is 28.0 Å². The maximum atomic E-state index is 12.6. The molecule has 20 heteroatoms. The van der Waals surface area contributed by atoms with E-state index in [0.717, 1.165) is 141 Å². The summed E-state index contributed by atoms with van der Waals surface area (Å²) >= 11 is 0. The highest BCUT2D eigenvalue weighted by Gasteiger charge is 2.69. The molecule has 20 aliphatic rings. The van der Waals surface area contributed by atoms with Gasteiger partial charge in [0.25, 0.3) is 0 Å². The molecule has 0 amide bonds. The number of hydrogen-bond donors (Lipinski definition) is 8. The van der Waals surface area contributed by atoms with Crippen LogP contribution in [0.2, 0.25) is 0 Å². The summed E-state index contributed by atoms with van der Waals surface area (Å²) in [5, 5.41) is 85.4. The van der Waals surface area contributed by atoms with Gasteiger partial charge >= 0.3 is 35.8 Å². The summed E-state index contributed by atoms with van der Waals surface area (Å²) in [4.78, 5) is 74.0. The predicted octanol–water partition coefficient (Wildman–Crippen LogP) is 12.9. The Hall–Kier alpha value is -3.50. The predicted molar refractivity (Wildman–Crippen MR) is 387 cm³/mol. The molecule has 0 spiro atoms. The quantitative estimate of drug-likeness (QED) is 0.0391. The maximum absolute atomic E-state index is 12.6. The van der Waals surface area contributed by atoms with Crippen LogP contribution in [0.15, 0.2) is 0 Å². The van der Waals surface area contributed by atoms with Crippen LogP contribution >= 0.6 is 0 Å². The van der Waals surface area contributed by atoms with Gasteiger partial charge in [-0.05, 0) is 249 Å². The lowest BCUT2D eigenvalue weighted by Crippen LogP contribution is -2.67. The molecular weight excluding hydrogens is 1330 g/mol. The summed E-state index contributed by atoms with van der Waals surface area (Å²) in [6.07, 6.45) is 28.9. The first-order valence-corrected chi connectivity index (χ1v) is 41.4. The van der Waals surface area contributed by atoms with Crippen molar-refractivity contribution in [3.8, 4) is 0 Å². The largest absolute Gasteiger partial charge is 0.459 e. The fourth-order valence-electron chi connectivity index (χ4n) is 25.9. The van der Waals surface area contributed by atoms with Crippen molar-refractivity contribution in [1.29, 1.82) is 0 Å². The topological polar surface area (TPSA) is 320 Å². The first-order valence-electron chi connectivity index (χ1n) is 41.4. The molecule has 0 heterocycles. The van der Waals surface area contributed by atoms with Gasteiger partial charge in [0.2, 0.25) is 0 Å². The molecule has 20 nitrogen and oxygen atoms in total. The Kier molecular flexibility index (Phi) is 22.5. The van der Waals surface area contributed by atoms with Gasteiger partial charge in [-0.3, -0.25) is 24.0 Å². The van der Waals surface area contributed by atoms with Crippen molar-refractivity contribution < 1.29 is 98.0 Å². The van der Waals surface area contributed by atoms with Crippen molar-refractivity contribution in [2.45, 2.75) is 413 Å². The lowest BCUT2D eigenvalue weighted by molar-refractivity contribution is -0.265. The summed E-state index contributed by atoms with van der Waals surface area (Å²) in [5.41, 5.74) is -10.6. The van der Waals surface area contributed by atoms with E-state index in [9.17, 15) is 69.6 Å². The Balaban J connectivity index is 0.000000130. The first kappa shape index (κ1) is 81.5. The van der Waals surface area contributed by atoms with Crippen LogP contribution < -0.4 is 0 Å². The number of carbonyl (C=O) groups excluding carboxylic acids is 6. The normalized spacial score (nSPS) is 43.5. The molecule has 20 rings (SSSR count). The molecule has 0 saturated heterocycles. The van der Waals surface area contributed by atoms with Crippen LogP contribution in [0.5, 0.6) is 0 Å². The summed E-state index contributed by atoms with van der Waals surface area (Å²) < 4.78 is 34.6. The van der Waals surface area contributed by atoms with Crippen LogP contribution in [0.25, 0.3) is 0 Å². The smallest absolute Gasteiger partial charge is 0.344 e. The highest BCUT2D eigenvalue weighted by atomic mass is 16.6. The van der Waals surface area contributed by atoms with Crippen molar-refractivity contribution >= 4 is 35.8 Å². The second-order valence-corrected chi connectivity index (χ2v) is 40.1. The Morgan fingerprint density at radius 3 is 0.837 bits per heavy atom. The van der Waals surface area contributed by atoms with Crippen LogP contribution in [0.1, 0.15) is 340 Å². The Bertz CT molecular complexity index is 3070. The molecule has 0 aromatic carbocycles. The number of carbonyl (C=O) groups is 6. The molecule has 20 aliphatic carbocycles. The van der Waals surface area contributed by atoms with Crippen LogP contribution in [0.4, 0.5) is 0 Å². The van der Waals surface area contributed by atoms with Gasteiger partial charge < -0.3 is 69.3 Å². The van der Waals surface area contributed by atoms with Gasteiger partial charge in [-0.1, -0.05) is 62.3 Å². The van der Waals surface area contributed by atoms with Crippen LogP contribution in [-0.4, -0.2) is 156 Å². The molecule has 104 heavy (non-hydrogen) atoms. The van der Waals surface area contributed by atoms with E-state index in [-0.39, 0.29) is 70.1 Å². The van der Waals surface area contributed by atoms with Gasteiger partial charge in [-0.15, -0.1) is 0 Å². The summed E-state index contributed by atoms with van der Waals surface area (Å²) in [6.45, 7) is 25.1. The van der Waals surface area contributed by atoms with Crippen molar-refractivity contribution in [3.05, 3.63) is 0 Å². The lowest BCUT2D eigenvalue weighted by Gasteiger charge is -2.62. The molecule has 10 unspecified atom stereocenters. The molecule has 20 saturated carbocycles. The molecule has 20 fully saturated rings. The Morgan fingerprint density at radius 2 is 0.558 bits per heavy atom. The van der Waals surface area contributed by atoms with E-state index >= 15 is 0 Å². The molecule has 0 radical (unpaired) electrons. The number of hydrogen-bond acceptors (Lipinski definition) is 20. The third-order valence-corrected chi connectivity index (χ3v) is 29.9. The van der Waals surface area contributed by atoms with Crippen LogP contribution in [0, 0.1) is 69.5 Å². The Labute approximate surface area is 620 Å². The number of esters is 6. The fourth-order valence-corrected chi connectivity index (χ4v) is 25.9. The monoisotopic (exact) mass is 1460 g/mol. The molecule has 592 valence electrons. The summed E-state index contributed by atoms with van der Waals surface area (Å²) in [7, 11) is 0. The van der Waals surface area contributed by atoms with E-state index in [1.165, 1.54) is 12.8 Å². The van der Waals surface area contributed by atoms with E-state index < -0.39 is 91.0 Å². The zero-order valence-electron chi connectivity index (χ0n) is 66.0. The van der Waals surface area contributed by atoms with E-state index in [1.54, 1.807) is 13.8 Å². The van der Waals surface area contributed by atoms with E-state index in [4.69, 9.17) is 28.4 Å². The van der Waals surface area contributed by atoms with Crippen molar-refractivity contribution in [1.82, 2.24) is 0 Å². The number of ether oxygens (including phenoxy) is 6. The van der Waals surface area contributed by atoms with Gasteiger partial charge in [-0.25, -0.2) is 4.79 Å². The lowest BCUT2D eigenvalue weighted by atomic mass is 9.50. The summed E-state index contributed by atoms with van der Waals surface area (Å²) in [6, 6.07) is 0. The number of aliphatic hydroxyl groups is 8. The molecule has 20 bridgehead atoms. The SMILES string of the molecule is CCC(C)(C)C(=O)OCC(=O)OC12CC3CC(O)(CC(O)(C3)C1)C2.CCC(C)(CC)C(=O)OC12CC3CC(CC(O)(C3)C1)C2.CCC(C)(CC)C(=O)OC12CC3CC(O)(CC(O)(C3)C1)C2.CCC(CC)C(=O)OC12CC3CC(CC(O)(C3)C1)C2.CCC(CC)C(=O)OC12CC3CC(O)(CC(O)(C3)C1)C2. The van der Waals surface area contributed by atoms with Gasteiger partial charge in [-0.2, -0.15) is 0 Å². The van der Waals surface area contributed by atoms with E-state index in [2.05, 4.69) is 13.8 Å². The second-order valence-electron chi connectivity index (χ2n) is 40.1. The Morgan fingerprint density at radius 1 is 0.308 bits per heavy atom. The van der Waals surface area contributed by atoms with E-state index in [1.807, 2.05) is 62.3 Å². The standard InChI is InChI=1S/C18H28O6.C17H28O4.C17H28O3.C16H26O4.C16H26O3/c1-4-15(2,3)14(20)23-8-13(19)24-18-7-12-5-16(21,10-18)9-17(22,6-12)11-18;1-4-14(3,5-2)13(18)21-17-8-12-6-15(19,10-17)9-16(20,7-12)11-17;1-4-15(3,5-2)14(18)20-17-9-12-6-13(10-17)8-16(19,7-12)11-17;1-3-12(4-2)13(17)20-16-7-11-5-14(18,9-16)8-15(19,6-11)10-16;1-3-13(4-2)14(17)19-16-8-11-5-12(9-16)7-15(18,6-11)10-16/h12,21-22H,4-11H2,1-3H3;12,19-20H,4-11H2,1-3H3;12-13,19H,4-11H2,1-3H3;11-12,18-19H,3-10H2,1-2H3;11-13,18H,3-10H2,1-2H3. The van der Waals surface area contributed by atoms with E-state index in [0.29, 0.717) is 120 Å². The van der Waals surface area contributed by atoms with Crippen molar-refractivity contribution in [3.63, 3.8) is 0 Å². The second kappa shape index (κ2) is 28.7. The van der Waals surface area contributed by atoms with Gasteiger partial charge in [0, 0.05) is 70.6 Å². The average Bonchev–Trinajstić information content (AvgIpc) is 0.706. The minimum absolute atomic E-state index is 0.0302. The maximum Gasteiger partial charge on any atom is 0.344 e. The van der Waals surface area contributed by atoms with Crippen LogP contribution in [0.3, 0.4) is 0 Å². The molecular formula is C84H136O20. The zero-order chi connectivity index (χ0) is 76.2.